The van der Waals surface area contributed by atoms with Gasteiger partial charge in [-0.2, -0.15) is 0 Å². The maximum absolute atomic E-state index is 13.4. The number of nitrogens with one attached hydrogen (secondary N) is 2. The second kappa shape index (κ2) is 9.25. The number of rotatable bonds is 4. The third-order valence-electron chi connectivity index (χ3n) is 3.03. The number of halogens is 4. The summed E-state index contributed by atoms with van der Waals surface area (Å²) in [6, 6.07) is 8.94. The number of hydrogen-bond acceptors (Lipinski definition) is 2. The van der Waals surface area contributed by atoms with E-state index < -0.39 is 35.6 Å². The monoisotopic (exact) mass is 464 g/mol. The molecular formula is C16H16F3IN4O. The molecule has 2 aromatic rings. The quantitative estimate of drug-likeness (QED) is 0.281. The highest BCUT2D eigenvalue weighted by molar-refractivity contribution is 14.0. The molecule has 0 aliphatic rings. The summed E-state index contributed by atoms with van der Waals surface area (Å²) >= 11 is 0. The molecule has 0 aliphatic carbocycles. The van der Waals surface area contributed by atoms with Crippen molar-refractivity contribution in [3.05, 3.63) is 59.4 Å². The first-order valence-corrected chi connectivity index (χ1v) is 6.94. The van der Waals surface area contributed by atoms with E-state index in [-0.39, 0.29) is 29.9 Å². The van der Waals surface area contributed by atoms with Gasteiger partial charge in [0, 0.05) is 5.69 Å². The molecule has 0 aliphatic heterocycles. The predicted molar refractivity (Wildman–Crippen MR) is 102 cm³/mol. The standard InChI is InChI=1S/C16H15F3N4O.HI/c1-9-2-4-10(5-3-9)22-16(20)21-8-13(24)23-12-7-6-11(17)14(18)15(12)19;/h2-7H,8H2,1H3,(H,23,24)(H3,20,21,22);1H. The van der Waals surface area contributed by atoms with Crippen molar-refractivity contribution in [1.82, 2.24) is 0 Å². The summed E-state index contributed by atoms with van der Waals surface area (Å²) in [7, 11) is 0. The zero-order valence-corrected chi connectivity index (χ0v) is 15.5. The van der Waals surface area contributed by atoms with Crippen LogP contribution in [0.4, 0.5) is 24.5 Å². The number of hydrogen-bond donors (Lipinski definition) is 3. The number of aryl methyl sites for hydroxylation is 1. The number of guanidine groups is 1. The molecule has 4 N–H and O–H groups in total. The second-order valence-corrected chi connectivity index (χ2v) is 4.96. The number of nitrogens with zero attached hydrogens (tertiary/aromatic N) is 1. The van der Waals surface area contributed by atoms with Crippen molar-refractivity contribution >= 4 is 47.2 Å². The first-order chi connectivity index (χ1) is 11.4. The Morgan fingerprint density at radius 3 is 2.32 bits per heavy atom. The molecule has 2 aromatic carbocycles. The molecule has 0 saturated heterocycles. The molecule has 25 heavy (non-hydrogen) atoms. The smallest absolute Gasteiger partial charge is 0.246 e. The van der Waals surface area contributed by atoms with Crippen molar-refractivity contribution in [3.63, 3.8) is 0 Å². The fourth-order valence-corrected chi connectivity index (χ4v) is 1.79. The number of aliphatic imine (C=N–C) groups is 1. The minimum atomic E-state index is -1.66. The number of anilines is 2. The van der Waals surface area contributed by atoms with Crippen molar-refractivity contribution in [3.8, 4) is 0 Å². The second-order valence-electron chi connectivity index (χ2n) is 4.96. The molecule has 0 bridgehead atoms. The normalized spacial score (nSPS) is 10.8. The van der Waals surface area contributed by atoms with Gasteiger partial charge in [0.1, 0.15) is 6.54 Å². The van der Waals surface area contributed by atoms with Crippen LogP contribution in [0, 0.1) is 24.4 Å². The molecule has 2 rings (SSSR count). The van der Waals surface area contributed by atoms with E-state index in [0.29, 0.717) is 11.8 Å². The Balaban J connectivity index is 0.00000312. The van der Waals surface area contributed by atoms with Crippen molar-refractivity contribution in [2.75, 3.05) is 17.2 Å². The highest BCUT2D eigenvalue weighted by Gasteiger charge is 2.14. The lowest BCUT2D eigenvalue weighted by Gasteiger charge is -2.07. The maximum atomic E-state index is 13.4. The Kier molecular flexibility index (Phi) is 7.68. The van der Waals surface area contributed by atoms with E-state index in [1.165, 1.54) is 0 Å². The average molecular weight is 464 g/mol. The topological polar surface area (TPSA) is 79.5 Å². The van der Waals surface area contributed by atoms with Crippen LogP contribution in [0.2, 0.25) is 0 Å². The molecule has 9 heteroatoms. The van der Waals surface area contributed by atoms with Gasteiger partial charge in [-0.05, 0) is 31.2 Å². The molecule has 0 aromatic heterocycles. The van der Waals surface area contributed by atoms with Crippen molar-refractivity contribution in [1.29, 1.82) is 0 Å². The van der Waals surface area contributed by atoms with Gasteiger partial charge in [-0.15, -0.1) is 24.0 Å². The third kappa shape index (κ3) is 5.93. The highest BCUT2D eigenvalue weighted by Crippen LogP contribution is 2.19. The Morgan fingerprint density at radius 1 is 1.04 bits per heavy atom. The Labute approximate surface area is 159 Å². The van der Waals surface area contributed by atoms with E-state index in [0.717, 1.165) is 11.6 Å². The van der Waals surface area contributed by atoms with Crippen LogP contribution in [0.3, 0.4) is 0 Å². The fraction of sp³-hybridized carbons (Fsp3) is 0.125. The van der Waals surface area contributed by atoms with Crippen LogP contribution in [-0.4, -0.2) is 18.4 Å². The van der Waals surface area contributed by atoms with Crippen LogP contribution in [0.5, 0.6) is 0 Å². The molecule has 134 valence electrons. The van der Waals surface area contributed by atoms with Gasteiger partial charge in [0.2, 0.25) is 5.91 Å². The molecule has 0 atom stereocenters. The number of carbonyl (C=O) groups excluding carboxylic acids is 1. The van der Waals surface area contributed by atoms with Gasteiger partial charge >= 0.3 is 0 Å². The van der Waals surface area contributed by atoms with Crippen LogP contribution in [0.25, 0.3) is 0 Å². The molecule has 0 saturated carbocycles. The minimum Gasteiger partial charge on any atom is -0.370 e. The summed E-state index contributed by atoms with van der Waals surface area (Å²) in [4.78, 5) is 15.5. The summed E-state index contributed by atoms with van der Waals surface area (Å²) in [5.74, 6) is -5.21. The lowest BCUT2D eigenvalue weighted by atomic mass is 10.2. The number of nitrogens with two attached hydrogens (primary N) is 1. The molecule has 0 heterocycles. The van der Waals surface area contributed by atoms with Gasteiger partial charge in [0.05, 0.1) is 5.69 Å². The summed E-state index contributed by atoms with van der Waals surface area (Å²) in [6.07, 6.45) is 0. The molecule has 0 unspecified atom stereocenters. The Bertz CT molecular complexity index is 782. The number of benzene rings is 2. The number of carbonyl (C=O) groups is 1. The first-order valence-electron chi connectivity index (χ1n) is 6.94. The van der Waals surface area contributed by atoms with E-state index in [1.54, 1.807) is 12.1 Å². The van der Waals surface area contributed by atoms with E-state index in [4.69, 9.17) is 5.73 Å². The molecule has 0 spiro atoms. The molecule has 1 amide bonds. The van der Waals surface area contributed by atoms with Gasteiger partial charge in [0.15, 0.2) is 23.4 Å². The summed E-state index contributed by atoms with van der Waals surface area (Å²) in [5, 5.41) is 4.87. The van der Waals surface area contributed by atoms with E-state index in [1.807, 2.05) is 19.1 Å². The van der Waals surface area contributed by atoms with Crippen molar-refractivity contribution < 1.29 is 18.0 Å². The average Bonchev–Trinajstić information content (AvgIpc) is 2.56. The van der Waals surface area contributed by atoms with E-state index >= 15 is 0 Å². The van der Waals surface area contributed by atoms with Gasteiger partial charge in [-0.25, -0.2) is 18.2 Å². The van der Waals surface area contributed by atoms with Crippen molar-refractivity contribution in [2.24, 2.45) is 10.7 Å². The molecule has 0 fully saturated rings. The van der Waals surface area contributed by atoms with Gasteiger partial charge in [-0.1, -0.05) is 17.7 Å². The van der Waals surface area contributed by atoms with Crippen LogP contribution in [-0.2, 0) is 4.79 Å². The zero-order valence-electron chi connectivity index (χ0n) is 13.1. The summed E-state index contributed by atoms with van der Waals surface area (Å²) < 4.78 is 39.3. The summed E-state index contributed by atoms with van der Waals surface area (Å²) in [6.45, 7) is 1.52. The SMILES string of the molecule is Cc1ccc(NC(N)=NCC(=O)Nc2ccc(F)c(F)c2F)cc1.I. The Hall–Kier alpha value is -2.30. The van der Waals surface area contributed by atoms with E-state index in [2.05, 4.69) is 15.6 Å². The number of amides is 1. The Morgan fingerprint density at radius 2 is 1.68 bits per heavy atom. The molecule has 5 nitrogen and oxygen atoms in total. The lowest BCUT2D eigenvalue weighted by molar-refractivity contribution is -0.114. The lowest BCUT2D eigenvalue weighted by Crippen LogP contribution is -2.25. The minimum absolute atomic E-state index is 0. The van der Waals surface area contributed by atoms with Crippen molar-refractivity contribution in [2.45, 2.75) is 6.92 Å². The predicted octanol–water partition coefficient (Wildman–Crippen LogP) is 3.40. The van der Waals surface area contributed by atoms with Crippen LogP contribution < -0.4 is 16.4 Å². The van der Waals surface area contributed by atoms with Crippen LogP contribution in [0.1, 0.15) is 5.56 Å². The van der Waals surface area contributed by atoms with Gasteiger partial charge in [0.25, 0.3) is 0 Å². The van der Waals surface area contributed by atoms with Gasteiger partial charge in [-0.3, -0.25) is 4.79 Å². The zero-order chi connectivity index (χ0) is 17.7. The van der Waals surface area contributed by atoms with Gasteiger partial charge < -0.3 is 16.4 Å². The highest BCUT2D eigenvalue weighted by atomic mass is 127. The maximum Gasteiger partial charge on any atom is 0.246 e. The largest absolute Gasteiger partial charge is 0.370 e. The third-order valence-corrected chi connectivity index (χ3v) is 3.03. The fourth-order valence-electron chi connectivity index (χ4n) is 1.79. The first kappa shape index (κ1) is 20.7. The summed E-state index contributed by atoms with van der Waals surface area (Å²) in [5.41, 5.74) is 6.92. The van der Waals surface area contributed by atoms with Crippen LogP contribution >= 0.6 is 24.0 Å². The molecular weight excluding hydrogens is 448 g/mol. The van der Waals surface area contributed by atoms with E-state index in [9.17, 15) is 18.0 Å². The van der Waals surface area contributed by atoms with Crippen LogP contribution in [0.15, 0.2) is 41.4 Å². The molecule has 0 radical (unpaired) electrons.